The minimum Gasteiger partial charge on any atom is -0.508 e. The molecule has 0 spiro atoms. The number of hydrogen-bond acceptors (Lipinski definition) is 7. The van der Waals surface area contributed by atoms with E-state index in [1.54, 1.807) is 12.1 Å². The van der Waals surface area contributed by atoms with Gasteiger partial charge in [-0.15, -0.1) is 12.4 Å². The minimum atomic E-state index is -0.998. The quantitative estimate of drug-likeness (QED) is 0.224. The zero-order chi connectivity index (χ0) is 27.2. The van der Waals surface area contributed by atoms with E-state index in [9.17, 15) is 19.5 Å². The Bertz CT molecular complexity index is 992. The fourth-order valence-corrected chi connectivity index (χ4v) is 4.40. The second-order valence-electron chi connectivity index (χ2n) is 9.42. The molecule has 2 rings (SSSR count). The molecule has 38 heavy (non-hydrogen) atoms. The first-order valence-corrected chi connectivity index (χ1v) is 13.9. The number of amides is 3. The maximum Gasteiger partial charge on any atom is 0.249 e. The molecule has 0 heterocycles. The van der Waals surface area contributed by atoms with Crippen molar-refractivity contribution >= 4 is 41.9 Å². The number of phenols is 1. The molecule has 0 aliphatic heterocycles. The van der Waals surface area contributed by atoms with Crippen LogP contribution < -0.4 is 21.7 Å². The van der Waals surface area contributed by atoms with Crippen LogP contribution >= 0.6 is 24.2 Å². The average molecular weight is 565 g/mol. The molecule has 0 fully saturated rings. The fourth-order valence-electron chi connectivity index (χ4n) is 3.76. The summed E-state index contributed by atoms with van der Waals surface area (Å²) in [5, 5.41) is 18.1. The summed E-state index contributed by atoms with van der Waals surface area (Å²) in [6.07, 6.45) is 1.46. The van der Waals surface area contributed by atoms with Crippen LogP contribution in [0.4, 0.5) is 0 Å². The number of imide groups is 1. The van der Waals surface area contributed by atoms with Gasteiger partial charge in [-0.25, -0.2) is 0 Å². The zero-order valence-electron chi connectivity index (χ0n) is 22.3. The largest absolute Gasteiger partial charge is 0.508 e. The fraction of sp³-hybridized carbons (Fsp3) is 0.464. The van der Waals surface area contributed by atoms with Gasteiger partial charge in [0, 0.05) is 12.2 Å². The number of carbonyl (C=O) groups is 3. The van der Waals surface area contributed by atoms with E-state index in [-0.39, 0.29) is 30.5 Å². The van der Waals surface area contributed by atoms with Crippen molar-refractivity contribution in [3.63, 3.8) is 0 Å². The molecule has 3 amide bonds. The Labute approximate surface area is 236 Å². The lowest BCUT2D eigenvalue weighted by atomic mass is 10.0. The number of hydrogen-bond donors (Lipinski definition) is 5. The van der Waals surface area contributed by atoms with Crippen molar-refractivity contribution in [3.05, 3.63) is 65.7 Å². The van der Waals surface area contributed by atoms with Gasteiger partial charge < -0.3 is 21.5 Å². The zero-order valence-corrected chi connectivity index (χ0v) is 23.9. The molecular weight excluding hydrogens is 524 g/mol. The predicted octanol–water partition coefficient (Wildman–Crippen LogP) is 2.81. The third-order valence-electron chi connectivity index (χ3n) is 5.76. The van der Waals surface area contributed by atoms with Crippen LogP contribution in [0.2, 0.25) is 0 Å². The molecule has 0 radical (unpaired) electrons. The number of thioether (sulfide) groups is 1. The summed E-state index contributed by atoms with van der Waals surface area (Å²) in [6, 6.07) is 14.0. The van der Waals surface area contributed by atoms with Crippen LogP contribution in [0.5, 0.6) is 5.75 Å². The van der Waals surface area contributed by atoms with Gasteiger partial charge >= 0.3 is 0 Å². The van der Waals surface area contributed by atoms with E-state index in [0.29, 0.717) is 18.7 Å². The van der Waals surface area contributed by atoms with E-state index in [1.807, 2.05) is 51.1 Å². The lowest BCUT2D eigenvalue weighted by molar-refractivity contribution is -0.135. The topological polar surface area (TPSA) is 134 Å². The van der Waals surface area contributed by atoms with Crippen LogP contribution in [0.3, 0.4) is 0 Å². The van der Waals surface area contributed by atoms with Crippen molar-refractivity contribution in [1.29, 1.82) is 0 Å². The SMILES string of the molecule is CCSCC(N)C(=O)N[C@@H](Cc1ccc(O)cc1)C(=O)NC(=O)[C@H](CC(C)C)NCCc1ccccc1.Cl. The Morgan fingerprint density at radius 3 is 2.16 bits per heavy atom. The first-order chi connectivity index (χ1) is 17.7. The van der Waals surface area contributed by atoms with Crippen molar-refractivity contribution < 1.29 is 19.5 Å². The number of carbonyl (C=O) groups excluding carboxylic acids is 3. The highest BCUT2D eigenvalue weighted by Gasteiger charge is 2.28. The van der Waals surface area contributed by atoms with Crippen LogP contribution in [0.25, 0.3) is 0 Å². The average Bonchev–Trinajstić information content (AvgIpc) is 2.87. The number of rotatable bonds is 15. The normalized spacial score (nSPS) is 13.2. The first-order valence-electron chi connectivity index (χ1n) is 12.7. The number of nitrogens with one attached hydrogen (secondary N) is 3. The number of benzene rings is 2. The van der Waals surface area contributed by atoms with E-state index in [2.05, 4.69) is 16.0 Å². The summed E-state index contributed by atoms with van der Waals surface area (Å²) in [7, 11) is 0. The first kappa shape index (κ1) is 33.4. The maximum atomic E-state index is 13.2. The van der Waals surface area contributed by atoms with E-state index < -0.39 is 35.8 Å². The molecule has 0 aliphatic rings. The summed E-state index contributed by atoms with van der Waals surface area (Å²) in [6.45, 7) is 6.60. The molecule has 0 saturated heterocycles. The molecule has 0 saturated carbocycles. The predicted molar refractivity (Wildman–Crippen MR) is 157 cm³/mol. The van der Waals surface area contributed by atoms with E-state index in [1.165, 1.54) is 23.9 Å². The Morgan fingerprint density at radius 2 is 1.55 bits per heavy atom. The lowest BCUT2D eigenvalue weighted by Crippen LogP contribution is -2.56. The Kier molecular flexibility index (Phi) is 15.7. The number of nitrogens with two attached hydrogens (primary N) is 1. The molecule has 2 aromatic carbocycles. The van der Waals surface area contributed by atoms with E-state index in [0.717, 1.165) is 23.3 Å². The molecular formula is C28H41ClN4O4S. The second-order valence-corrected chi connectivity index (χ2v) is 10.7. The summed E-state index contributed by atoms with van der Waals surface area (Å²) in [5.41, 5.74) is 7.88. The molecule has 210 valence electrons. The Morgan fingerprint density at radius 1 is 0.921 bits per heavy atom. The molecule has 0 aromatic heterocycles. The van der Waals surface area contributed by atoms with Gasteiger partial charge in [0.1, 0.15) is 11.8 Å². The van der Waals surface area contributed by atoms with Crippen molar-refractivity contribution in [2.75, 3.05) is 18.1 Å². The number of phenolic OH excluding ortho intramolecular Hbond substituents is 1. The minimum absolute atomic E-state index is 0. The molecule has 3 atom stereocenters. The van der Waals surface area contributed by atoms with Gasteiger partial charge in [0.15, 0.2) is 0 Å². The Hall–Kier alpha value is -2.59. The lowest BCUT2D eigenvalue weighted by Gasteiger charge is -2.23. The number of halogens is 1. The highest BCUT2D eigenvalue weighted by atomic mass is 35.5. The summed E-state index contributed by atoms with van der Waals surface area (Å²) < 4.78 is 0. The van der Waals surface area contributed by atoms with Gasteiger partial charge in [-0.05, 0) is 54.3 Å². The van der Waals surface area contributed by atoms with Crippen molar-refractivity contribution in [1.82, 2.24) is 16.0 Å². The van der Waals surface area contributed by atoms with Crippen molar-refractivity contribution in [2.45, 2.75) is 58.2 Å². The van der Waals surface area contributed by atoms with E-state index in [4.69, 9.17) is 5.73 Å². The van der Waals surface area contributed by atoms with Gasteiger partial charge in [0.25, 0.3) is 0 Å². The van der Waals surface area contributed by atoms with Crippen LogP contribution in [-0.4, -0.2) is 59.0 Å². The van der Waals surface area contributed by atoms with Crippen LogP contribution in [-0.2, 0) is 27.2 Å². The monoisotopic (exact) mass is 564 g/mol. The molecule has 0 bridgehead atoms. The third-order valence-corrected chi connectivity index (χ3v) is 6.77. The van der Waals surface area contributed by atoms with E-state index >= 15 is 0 Å². The highest BCUT2D eigenvalue weighted by molar-refractivity contribution is 7.99. The van der Waals surface area contributed by atoms with Crippen LogP contribution in [0.15, 0.2) is 54.6 Å². The molecule has 10 heteroatoms. The second kappa shape index (κ2) is 17.8. The third kappa shape index (κ3) is 12.3. The summed E-state index contributed by atoms with van der Waals surface area (Å²) in [5.74, 6) is 0.102. The Balaban J connectivity index is 0.00000722. The molecule has 1 unspecified atom stereocenters. The smallest absolute Gasteiger partial charge is 0.249 e. The maximum absolute atomic E-state index is 13.2. The van der Waals surface area contributed by atoms with Gasteiger partial charge in [0.2, 0.25) is 17.7 Å². The van der Waals surface area contributed by atoms with Gasteiger partial charge in [-0.2, -0.15) is 11.8 Å². The highest BCUT2D eigenvalue weighted by Crippen LogP contribution is 2.12. The van der Waals surface area contributed by atoms with Crippen LogP contribution in [0.1, 0.15) is 38.3 Å². The molecule has 0 aliphatic carbocycles. The molecule has 8 nitrogen and oxygen atoms in total. The molecule has 6 N–H and O–H groups in total. The van der Waals surface area contributed by atoms with Gasteiger partial charge in [-0.3, -0.25) is 19.7 Å². The molecule has 2 aromatic rings. The number of aromatic hydroxyl groups is 1. The van der Waals surface area contributed by atoms with Gasteiger partial charge in [0.05, 0.1) is 12.1 Å². The van der Waals surface area contributed by atoms with Gasteiger partial charge in [-0.1, -0.05) is 63.2 Å². The van der Waals surface area contributed by atoms with Crippen molar-refractivity contribution in [3.8, 4) is 5.75 Å². The summed E-state index contributed by atoms with van der Waals surface area (Å²) >= 11 is 1.54. The standard InChI is InChI=1S/C28H40N4O4S.ClH/c1-4-37-18-23(29)26(34)31-25(17-21-10-12-22(33)13-11-21)28(36)32-27(35)24(16-19(2)3)30-15-14-20-8-6-5-7-9-20;/h5-13,19,23-25,30,33H,4,14-18,29H2,1-3H3,(H,31,34)(H,32,35,36);1H/t23?,24-,25-;/m0./s1. The summed E-state index contributed by atoms with van der Waals surface area (Å²) in [4.78, 5) is 39.0. The van der Waals surface area contributed by atoms with Crippen molar-refractivity contribution in [2.24, 2.45) is 11.7 Å². The van der Waals surface area contributed by atoms with Crippen LogP contribution in [0, 0.1) is 5.92 Å².